The van der Waals surface area contributed by atoms with E-state index in [1.807, 2.05) is 0 Å². The van der Waals surface area contributed by atoms with Gasteiger partial charge in [0.05, 0.1) is 0 Å². The minimum absolute atomic E-state index is 0.880. The first-order valence-corrected chi connectivity index (χ1v) is 7.73. The Balaban J connectivity index is 1.85. The third-order valence-electron chi connectivity index (χ3n) is 3.91. The summed E-state index contributed by atoms with van der Waals surface area (Å²) < 4.78 is 1.32. The van der Waals surface area contributed by atoms with Gasteiger partial charge in [0.1, 0.15) is 0 Å². The first kappa shape index (κ1) is 13.2. The Bertz CT molecular complexity index is 367. The van der Waals surface area contributed by atoms with Crippen molar-refractivity contribution in [3.05, 3.63) is 27.3 Å². The molecule has 0 radical (unpaired) electrons. The van der Waals surface area contributed by atoms with Crippen LogP contribution in [0.3, 0.4) is 0 Å². The number of hydrogen-bond donors (Lipinski definition) is 1. The van der Waals surface area contributed by atoms with Crippen LogP contribution in [0.25, 0.3) is 0 Å². The van der Waals surface area contributed by atoms with Gasteiger partial charge >= 0.3 is 0 Å². The summed E-state index contributed by atoms with van der Waals surface area (Å²) in [6.07, 6.45) is 5.63. The van der Waals surface area contributed by atoms with E-state index in [1.54, 1.807) is 0 Å². The van der Waals surface area contributed by atoms with Gasteiger partial charge in [0.2, 0.25) is 0 Å². The van der Waals surface area contributed by atoms with Crippen LogP contribution in [0.4, 0.5) is 5.69 Å². The summed E-state index contributed by atoms with van der Waals surface area (Å²) in [6.45, 7) is 5.72. The van der Waals surface area contributed by atoms with Crippen LogP contribution >= 0.6 is 22.6 Å². The molecule has 1 saturated carbocycles. The lowest BCUT2D eigenvalue weighted by Gasteiger charge is -2.26. The second-order valence-electron chi connectivity index (χ2n) is 5.47. The summed E-state index contributed by atoms with van der Waals surface area (Å²) in [4.78, 5) is 0. The SMILES string of the molecule is Cc1cc(I)ccc1NCC1CCC(C)CC1. The second-order valence-corrected chi connectivity index (χ2v) is 6.71. The Hall–Kier alpha value is -0.250. The van der Waals surface area contributed by atoms with E-state index < -0.39 is 0 Å². The molecule has 1 aliphatic rings. The summed E-state index contributed by atoms with van der Waals surface area (Å²) in [5.41, 5.74) is 2.67. The van der Waals surface area contributed by atoms with Crippen LogP contribution in [0.2, 0.25) is 0 Å². The number of hydrogen-bond acceptors (Lipinski definition) is 1. The van der Waals surface area contributed by atoms with E-state index in [9.17, 15) is 0 Å². The molecule has 2 heteroatoms. The van der Waals surface area contributed by atoms with E-state index in [0.29, 0.717) is 0 Å². The van der Waals surface area contributed by atoms with Crippen LogP contribution in [0.5, 0.6) is 0 Å². The third kappa shape index (κ3) is 3.87. The van der Waals surface area contributed by atoms with Gasteiger partial charge in [-0.25, -0.2) is 0 Å². The number of aryl methyl sites for hydroxylation is 1. The maximum atomic E-state index is 3.62. The molecule has 1 aliphatic carbocycles. The van der Waals surface area contributed by atoms with Crippen molar-refractivity contribution >= 4 is 28.3 Å². The summed E-state index contributed by atoms with van der Waals surface area (Å²) in [7, 11) is 0. The molecule has 0 saturated heterocycles. The van der Waals surface area contributed by atoms with Crippen molar-refractivity contribution in [1.29, 1.82) is 0 Å². The van der Waals surface area contributed by atoms with Crippen molar-refractivity contribution in [2.24, 2.45) is 11.8 Å². The zero-order chi connectivity index (χ0) is 12.3. The van der Waals surface area contributed by atoms with Gasteiger partial charge < -0.3 is 5.32 Å². The van der Waals surface area contributed by atoms with Crippen molar-refractivity contribution in [3.8, 4) is 0 Å². The molecule has 1 nitrogen and oxygen atoms in total. The fraction of sp³-hybridized carbons (Fsp3) is 0.600. The van der Waals surface area contributed by atoms with E-state index in [2.05, 4.69) is 60.0 Å². The highest BCUT2D eigenvalue weighted by Crippen LogP contribution is 2.28. The van der Waals surface area contributed by atoms with E-state index in [1.165, 1.54) is 40.5 Å². The van der Waals surface area contributed by atoms with Gasteiger partial charge in [0.15, 0.2) is 0 Å². The number of halogens is 1. The molecule has 0 heterocycles. The zero-order valence-electron chi connectivity index (χ0n) is 10.8. The molecule has 94 valence electrons. The Morgan fingerprint density at radius 1 is 1.24 bits per heavy atom. The van der Waals surface area contributed by atoms with Crippen LogP contribution in [0.1, 0.15) is 38.2 Å². The fourth-order valence-electron chi connectivity index (χ4n) is 2.61. The number of nitrogens with one attached hydrogen (secondary N) is 1. The first-order valence-electron chi connectivity index (χ1n) is 6.65. The lowest BCUT2D eigenvalue weighted by molar-refractivity contribution is 0.300. The Labute approximate surface area is 119 Å². The molecule has 2 rings (SSSR count). The average molecular weight is 343 g/mol. The standard InChI is InChI=1S/C15H22IN/c1-11-3-5-13(6-4-11)10-17-15-8-7-14(16)9-12(15)2/h7-9,11,13,17H,3-6,10H2,1-2H3. The monoisotopic (exact) mass is 343 g/mol. The predicted molar refractivity (Wildman–Crippen MR) is 83.5 cm³/mol. The molecule has 1 aromatic rings. The van der Waals surface area contributed by atoms with E-state index >= 15 is 0 Å². The van der Waals surface area contributed by atoms with Gasteiger partial charge in [0.25, 0.3) is 0 Å². The minimum atomic E-state index is 0.880. The van der Waals surface area contributed by atoms with Crippen molar-refractivity contribution in [3.63, 3.8) is 0 Å². The largest absolute Gasteiger partial charge is 0.385 e. The minimum Gasteiger partial charge on any atom is -0.385 e. The van der Waals surface area contributed by atoms with Gasteiger partial charge in [-0.15, -0.1) is 0 Å². The normalized spacial score (nSPS) is 24.6. The number of anilines is 1. The molecule has 17 heavy (non-hydrogen) atoms. The van der Waals surface area contributed by atoms with Crippen LogP contribution in [-0.2, 0) is 0 Å². The van der Waals surface area contributed by atoms with Gasteiger partial charge in [-0.1, -0.05) is 19.8 Å². The maximum Gasteiger partial charge on any atom is 0.0370 e. The molecule has 0 bridgehead atoms. The lowest BCUT2D eigenvalue weighted by atomic mass is 9.83. The van der Waals surface area contributed by atoms with Crippen molar-refractivity contribution in [1.82, 2.24) is 0 Å². The molecular formula is C15H22IN. The Morgan fingerprint density at radius 3 is 2.59 bits per heavy atom. The second kappa shape index (κ2) is 6.07. The van der Waals surface area contributed by atoms with Gasteiger partial charge in [0, 0.05) is 15.8 Å². The van der Waals surface area contributed by atoms with Crippen LogP contribution < -0.4 is 5.32 Å². The van der Waals surface area contributed by atoms with Crippen molar-refractivity contribution in [2.45, 2.75) is 39.5 Å². The molecule has 0 aromatic heterocycles. The van der Waals surface area contributed by atoms with Gasteiger partial charge in [-0.3, -0.25) is 0 Å². The van der Waals surface area contributed by atoms with E-state index in [4.69, 9.17) is 0 Å². The summed E-state index contributed by atoms with van der Waals surface area (Å²) in [5.74, 6) is 1.83. The molecule has 0 aliphatic heterocycles. The highest BCUT2D eigenvalue weighted by Gasteiger charge is 2.17. The molecule has 1 N–H and O–H groups in total. The topological polar surface area (TPSA) is 12.0 Å². The smallest absolute Gasteiger partial charge is 0.0370 e. The first-order chi connectivity index (χ1) is 8.15. The number of benzene rings is 1. The zero-order valence-corrected chi connectivity index (χ0v) is 13.0. The highest BCUT2D eigenvalue weighted by atomic mass is 127. The van der Waals surface area contributed by atoms with Gasteiger partial charge in [-0.05, 0) is 78.0 Å². The van der Waals surface area contributed by atoms with Crippen molar-refractivity contribution < 1.29 is 0 Å². The van der Waals surface area contributed by atoms with E-state index in [0.717, 1.165) is 18.4 Å². The summed E-state index contributed by atoms with van der Waals surface area (Å²) in [6, 6.07) is 6.63. The predicted octanol–water partition coefficient (Wildman–Crippen LogP) is 4.84. The van der Waals surface area contributed by atoms with Crippen LogP contribution in [-0.4, -0.2) is 6.54 Å². The summed E-state index contributed by atoms with van der Waals surface area (Å²) in [5, 5.41) is 3.62. The third-order valence-corrected chi connectivity index (χ3v) is 4.58. The molecule has 0 atom stereocenters. The molecular weight excluding hydrogens is 321 g/mol. The number of rotatable bonds is 3. The molecule has 1 fully saturated rings. The lowest BCUT2D eigenvalue weighted by Crippen LogP contribution is -2.20. The maximum absolute atomic E-state index is 3.62. The average Bonchev–Trinajstić information content (AvgIpc) is 2.30. The van der Waals surface area contributed by atoms with Crippen LogP contribution in [0.15, 0.2) is 18.2 Å². The molecule has 0 amide bonds. The van der Waals surface area contributed by atoms with Crippen molar-refractivity contribution in [2.75, 3.05) is 11.9 Å². The van der Waals surface area contributed by atoms with Gasteiger partial charge in [-0.2, -0.15) is 0 Å². The Morgan fingerprint density at radius 2 is 1.94 bits per heavy atom. The molecule has 0 spiro atoms. The fourth-order valence-corrected chi connectivity index (χ4v) is 3.26. The molecule has 1 aromatic carbocycles. The quantitative estimate of drug-likeness (QED) is 0.775. The molecule has 0 unspecified atom stereocenters. The Kier molecular flexibility index (Phi) is 4.71. The van der Waals surface area contributed by atoms with Crippen LogP contribution in [0, 0.1) is 22.3 Å². The van der Waals surface area contributed by atoms with E-state index in [-0.39, 0.29) is 0 Å². The highest BCUT2D eigenvalue weighted by molar-refractivity contribution is 14.1. The summed E-state index contributed by atoms with van der Waals surface area (Å²) >= 11 is 2.37.